The van der Waals surface area contributed by atoms with Gasteiger partial charge in [0.1, 0.15) is 13.2 Å². The van der Waals surface area contributed by atoms with E-state index in [1.165, 1.54) is 23.5 Å². The Morgan fingerprint density at radius 3 is 2.63 bits per heavy atom. The van der Waals surface area contributed by atoms with E-state index >= 15 is 0 Å². The fourth-order valence-electron chi connectivity index (χ4n) is 2.83. The first-order valence-electron chi connectivity index (χ1n) is 9.21. The smallest absolute Gasteiger partial charge is 0.240 e. The fraction of sp³-hybridized carbons (Fsp3) is 0.200. The van der Waals surface area contributed by atoms with Gasteiger partial charge in [0, 0.05) is 23.9 Å². The average molecular weight is 446 g/mol. The van der Waals surface area contributed by atoms with E-state index in [1.54, 1.807) is 18.2 Å². The van der Waals surface area contributed by atoms with Crippen LogP contribution in [0.15, 0.2) is 58.8 Å². The van der Waals surface area contributed by atoms with E-state index < -0.39 is 10.0 Å². The van der Waals surface area contributed by atoms with Gasteiger partial charge in [-0.15, -0.1) is 11.3 Å². The lowest BCUT2D eigenvalue weighted by Crippen LogP contribution is -2.27. The maximum absolute atomic E-state index is 12.2. The van der Waals surface area contributed by atoms with E-state index in [0.717, 1.165) is 5.56 Å². The Bertz CT molecular complexity index is 1150. The molecule has 30 heavy (non-hydrogen) atoms. The number of carbonyl (C=O) groups is 1. The zero-order valence-electron chi connectivity index (χ0n) is 15.8. The van der Waals surface area contributed by atoms with Crippen LogP contribution in [0.4, 0.5) is 5.13 Å². The van der Waals surface area contributed by atoms with Crippen LogP contribution in [-0.4, -0.2) is 39.1 Å². The van der Waals surface area contributed by atoms with Gasteiger partial charge in [-0.1, -0.05) is 18.2 Å². The third-order valence-corrected chi connectivity index (χ3v) is 6.52. The Kier molecular flexibility index (Phi) is 5.98. The van der Waals surface area contributed by atoms with Gasteiger partial charge >= 0.3 is 0 Å². The Balaban J connectivity index is 1.32. The number of rotatable bonds is 7. The molecule has 0 bridgehead atoms. The molecule has 0 aliphatic carbocycles. The van der Waals surface area contributed by atoms with Crippen molar-refractivity contribution in [2.75, 3.05) is 25.1 Å². The average Bonchev–Trinajstić information content (AvgIpc) is 3.22. The Labute approximate surface area is 177 Å². The summed E-state index contributed by atoms with van der Waals surface area (Å²) in [5.74, 6) is 1.04. The topological polar surface area (TPSA) is 107 Å². The molecule has 0 unspecified atom stereocenters. The Hall–Kier alpha value is -2.95. The van der Waals surface area contributed by atoms with Crippen LogP contribution in [0.25, 0.3) is 11.3 Å². The van der Waals surface area contributed by atoms with Crippen LogP contribution in [0, 0.1) is 0 Å². The number of ether oxygens (including phenoxy) is 2. The summed E-state index contributed by atoms with van der Waals surface area (Å²) < 4.78 is 37.8. The first-order chi connectivity index (χ1) is 14.5. The number of hydrogen-bond donors (Lipinski definition) is 2. The maximum atomic E-state index is 12.2. The minimum Gasteiger partial charge on any atom is -0.486 e. The van der Waals surface area contributed by atoms with Crippen molar-refractivity contribution >= 4 is 32.4 Å². The molecule has 0 fully saturated rings. The zero-order chi connectivity index (χ0) is 21.0. The van der Waals surface area contributed by atoms with Crippen molar-refractivity contribution in [3.63, 3.8) is 0 Å². The SMILES string of the molecule is O=C(CCNS(=O)(=O)c1ccccc1)Nc1nc(-c2ccc3c(c2)OCCO3)cs1. The number of carbonyl (C=O) groups excluding carboxylic acids is 1. The fourth-order valence-corrected chi connectivity index (χ4v) is 4.62. The van der Waals surface area contributed by atoms with Crippen LogP contribution < -0.4 is 19.5 Å². The second kappa shape index (κ2) is 8.82. The number of fused-ring (bicyclic) bond motifs is 1. The molecule has 10 heteroatoms. The summed E-state index contributed by atoms with van der Waals surface area (Å²) >= 11 is 1.29. The van der Waals surface area contributed by atoms with E-state index in [0.29, 0.717) is 35.5 Å². The first kappa shape index (κ1) is 20.3. The number of thiazole rings is 1. The van der Waals surface area contributed by atoms with E-state index in [2.05, 4.69) is 15.0 Å². The number of anilines is 1. The number of hydrogen-bond acceptors (Lipinski definition) is 7. The molecule has 156 valence electrons. The van der Waals surface area contributed by atoms with Crippen molar-refractivity contribution in [1.29, 1.82) is 0 Å². The lowest BCUT2D eigenvalue weighted by atomic mass is 10.1. The van der Waals surface area contributed by atoms with Crippen molar-refractivity contribution in [3.05, 3.63) is 53.9 Å². The summed E-state index contributed by atoms with van der Waals surface area (Å²) in [6.07, 6.45) is -0.00893. The molecule has 0 saturated heterocycles. The highest BCUT2D eigenvalue weighted by atomic mass is 32.2. The molecule has 3 aromatic rings. The first-order valence-corrected chi connectivity index (χ1v) is 11.6. The van der Waals surface area contributed by atoms with Crippen molar-refractivity contribution in [1.82, 2.24) is 9.71 Å². The van der Waals surface area contributed by atoms with E-state index in [4.69, 9.17) is 9.47 Å². The van der Waals surface area contributed by atoms with Crippen molar-refractivity contribution in [2.24, 2.45) is 0 Å². The summed E-state index contributed by atoms with van der Waals surface area (Å²) in [6, 6.07) is 13.6. The summed E-state index contributed by atoms with van der Waals surface area (Å²) in [5.41, 5.74) is 1.56. The highest BCUT2D eigenvalue weighted by molar-refractivity contribution is 7.89. The highest BCUT2D eigenvalue weighted by Gasteiger charge is 2.16. The van der Waals surface area contributed by atoms with Gasteiger partial charge in [-0.05, 0) is 30.3 Å². The second-order valence-electron chi connectivity index (χ2n) is 6.41. The second-order valence-corrected chi connectivity index (χ2v) is 9.03. The molecule has 1 aliphatic rings. The van der Waals surface area contributed by atoms with Crippen LogP contribution in [-0.2, 0) is 14.8 Å². The van der Waals surface area contributed by atoms with Gasteiger partial charge in [-0.25, -0.2) is 18.1 Å². The normalized spacial score (nSPS) is 13.1. The van der Waals surface area contributed by atoms with Crippen LogP contribution in [0.3, 0.4) is 0 Å². The summed E-state index contributed by atoms with van der Waals surface area (Å²) in [6.45, 7) is 1.02. The van der Waals surface area contributed by atoms with Crippen LogP contribution >= 0.6 is 11.3 Å². The molecule has 2 N–H and O–H groups in total. The number of amides is 1. The molecule has 8 nitrogen and oxygen atoms in total. The van der Waals surface area contributed by atoms with Gasteiger partial charge in [-0.2, -0.15) is 0 Å². The largest absolute Gasteiger partial charge is 0.486 e. The van der Waals surface area contributed by atoms with Gasteiger partial charge < -0.3 is 14.8 Å². The monoisotopic (exact) mass is 445 g/mol. The molecule has 1 amide bonds. The Morgan fingerprint density at radius 2 is 1.83 bits per heavy atom. The number of nitrogens with zero attached hydrogens (tertiary/aromatic N) is 1. The minimum absolute atomic E-state index is 0.00893. The molecule has 1 aliphatic heterocycles. The molecular formula is C20H19N3O5S2. The molecule has 0 radical (unpaired) electrons. The molecule has 0 atom stereocenters. The highest BCUT2D eigenvalue weighted by Crippen LogP contribution is 2.35. The van der Waals surface area contributed by atoms with Gasteiger partial charge in [0.15, 0.2) is 16.6 Å². The van der Waals surface area contributed by atoms with Crippen molar-refractivity contribution in [3.8, 4) is 22.8 Å². The summed E-state index contributed by atoms with van der Waals surface area (Å²) in [5, 5.41) is 4.97. The Morgan fingerprint density at radius 1 is 1.07 bits per heavy atom. The molecule has 0 saturated carbocycles. The number of sulfonamides is 1. The van der Waals surface area contributed by atoms with Crippen molar-refractivity contribution < 1.29 is 22.7 Å². The molecule has 1 aromatic heterocycles. The molecular weight excluding hydrogens is 426 g/mol. The van der Waals surface area contributed by atoms with Crippen LogP contribution in [0.1, 0.15) is 6.42 Å². The maximum Gasteiger partial charge on any atom is 0.240 e. The zero-order valence-corrected chi connectivity index (χ0v) is 17.5. The number of nitrogens with one attached hydrogen (secondary N) is 2. The molecule has 2 aromatic carbocycles. The molecule has 2 heterocycles. The molecule has 0 spiro atoms. The quantitative estimate of drug-likeness (QED) is 0.579. The predicted molar refractivity (Wildman–Crippen MR) is 113 cm³/mol. The number of benzene rings is 2. The standard InChI is InChI=1S/C20H19N3O5S2/c24-19(8-9-21-30(25,26)15-4-2-1-3-5-15)23-20-22-16(13-29-20)14-6-7-17-18(12-14)28-11-10-27-17/h1-7,12-13,21H,8-11H2,(H,22,23,24). The third kappa shape index (κ3) is 4.78. The van der Waals surface area contributed by atoms with Crippen LogP contribution in [0.5, 0.6) is 11.5 Å². The lowest BCUT2D eigenvalue weighted by molar-refractivity contribution is -0.116. The third-order valence-electron chi connectivity index (χ3n) is 4.29. The van der Waals surface area contributed by atoms with Crippen LogP contribution in [0.2, 0.25) is 0 Å². The van der Waals surface area contributed by atoms with Gasteiger partial charge in [0.25, 0.3) is 0 Å². The lowest BCUT2D eigenvalue weighted by Gasteiger charge is -2.18. The van der Waals surface area contributed by atoms with E-state index in [9.17, 15) is 13.2 Å². The minimum atomic E-state index is -3.63. The predicted octanol–water partition coefficient (Wildman–Crippen LogP) is 2.89. The molecule has 4 rings (SSSR count). The van der Waals surface area contributed by atoms with Gasteiger partial charge in [0.2, 0.25) is 15.9 Å². The van der Waals surface area contributed by atoms with Gasteiger partial charge in [-0.3, -0.25) is 4.79 Å². The van der Waals surface area contributed by atoms with E-state index in [-0.39, 0.29) is 23.8 Å². The van der Waals surface area contributed by atoms with Crippen molar-refractivity contribution in [2.45, 2.75) is 11.3 Å². The summed E-state index contributed by atoms with van der Waals surface area (Å²) in [4.78, 5) is 16.7. The number of aromatic nitrogens is 1. The van der Waals surface area contributed by atoms with Gasteiger partial charge in [0.05, 0.1) is 10.6 Å². The summed E-state index contributed by atoms with van der Waals surface area (Å²) in [7, 11) is -3.63. The van der Waals surface area contributed by atoms with E-state index in [1.807, 2.05) is 23.6 Å².